The van der Waals surface area contributed by atoms with Crippen LogP contribution in [0.4, 0.5) is 13.2 Å². The number of hydrogen-bond acceptors (Lipinski definition) is 7. The molecule has 0 radical (unpaired) electrons. The van der Waals surface area contributed by atoms with Crippen molar-refractivity contribution in [2.45, 2.75) is 31.1 Å². The molecule has 0 bridgehead atoms. The van der Waals surface area contributed by atoms with Gasteiger partial charge in [-0.05, 0) is 42.3 Å². The second kappa shape index (κ2) is 9.04. The maximum Gasteiger partial charge on any atom is 0.435 e. The molecule has 32 heavy (non-hydrogen) atoms. The van der Waals surface area contributed by atoms with Crippen molar-refractivity contribution in [2.24, 2.45) is 0 Å². The zero-order chi connectivity index (χ0) is 23.7. The Kier molecular flexibility index (Phi) is 6.77. The maximum atomic E-state index is 13.2. The summed E-state index contributed by atoms with van der Waals surface area (Å²) < 4.78 is 69.5. The van der Waals surface area contributed by atoms with Gasteiger partial charge in [0.1, 0.15) is 6.54 Å². The fraction of sp³-hybridized carbons (Fsp3) is 0.300. The summed E-state index contributed by atoms with van der Waals surface area (Å²) in [7, 11) is -3.61. The number of aliphatic hydroxyl groups excluding tert-OH is 1. The molecule has 3 rings (SSSR count). The summed E-state index contributed by atoms with van der Waals surface area (Å²) in [6.07, 6.45) is -3.67. The Hall–Kier alpha value is -2.70. The summed E-state index contributed by atoms with van der Waals surface area (Å²) in [4.78, 5) is 12.8. The van der Waals surface area contributed by atoms with Gasteiger partial charge in [-0.2, -0.15) is 18.3 Å². The lowest BCUT2D eigenvalue weighted by molar-refractivity contribution is -0.146. The van der Waals surface area contributed by atoms with Crippen LogP contribution in [0, 0.1) is 0 Å². The van der Waals surface area contributed by atoms with Gasteiger partial charge in [-0.15, -0.1) is 11.3 Å². The third-order valence-electron chi connectivity index (χ3n) is 4.43. The molecule has 0 fully saturated rings. The minimum atomic E-state index is -4.70. The number of hydrogen-bond donors (Lipinski definition) is 1. The van der Waals surface area contributed by atoms with Crippen molar-refractivity contribution in [3.05, 3.63) is 47.7 Å². The largest absolute Gasteiger partial charge is 0.465 e. The van der Waals surface area contributed by atoms with E-state index in [0.717, 1.165) is 28.3 Å². The highest BCUT2D eigenvalue weighted by Gasteiger charge is 2.35. The molecule has 0 spiro atoms. The summed E-state index contributed by atoms with van der Waals surface area (Å²) in [5.41, 5.74) is -0.294. The van der Waals surface area contributed by atoms with Crippen LogP contribution in [0.25, 0.3) is 21.0 Å². The van der Waals surface area contributed by atoms with Crippen LogP contribution < -0.4 is 0 Å². The number of sulfone groups is 1. The molecule has 7 nitrogen and oxygen atoms in total. The van der Waals surface area contributed by atoms with E-state index < -0.39 is 40.8 Å². The van der Waals surface area contributed by atoms with Crippen molar-refractivity contribution in [1.82, 2.24) is 9.78 Å². The van der Waals surface area contributed by atoms with Crippen LogP contribution in [0.1, 0.15) is 18.2 Å². The lowest BCUT2D eigenvalue weighted by Gasteiger charge is -2.08. The first-order chi connectivity index (χ1) is 14.9. The molecule has 3 aromatic rings. The van der Waals surface area contributed by atoms with E-state index in [-0.39, 0.29) is 22.8 Å². The van der Waals surface area contributed by atoms with Gasteiger partial charge < -0.3 is 9.84 Å². The van der Waals surface area contributed by atoms with E-state index in [1.807, 2.05) is 0 Å². The smallest absolute Gasteiger partial charge is 0.435 e. The summed E-state index contributed by atoms with van der Waals surface area (Å²) in [5.74, 6) is -0.722. The highest BCUT2D eigenvalue weighted by molar-refractivity contribution is 7.90. The predicted octanol–water partition coefficient (Wildman–Crippen LogP) is 3.76. The van der Waals surface area contributed by atoms with E-state index in [0.29, 0.717) is 15.3 Å². The summed E-state index contributed by atoms with van der Waals surface area (Å²) in [5, 5.41) is 12.9. The van der Waals surface area contributed by atoms with E-state index in [4.69, 9.17) is 4.74 Å². The lowest BCUT2D eigenvalue weighted by Crippen LogP contribution is -2.16. The minimum Gasteiger partial charge on any atom is -0.465 e. The number of aliphatic hydroxyl groups is 1. The van der Waals surface area contributed by atoms with Crippen LogP contribution in [0.5, 0.6) is 0 Å². The topological polar surface area (TPSA) is 98.5 Å². The first-order valence-corrected chi connectivity index (χ1v) is 12.0. The molecule has 2 aromatic heterocycles. The Morgan fingerprint density at radius 1 is 1.19 bits per heavy atom. The summed E-state index contributed by atoms with van der Waals surface area (Å²) in [6.45, 7) is 0.722. The first kappa shape index (κ1) is 24.0. The van der Waals surface area contributed by atoms with E-state index in [1.54, 1.807) is 25.1 Å². The zero-order valence-corrected chi connectivity index (χ0v) is 18.6. The third-order valence-corrected chi connectivity index (χ3v) is 6.77. The van der Waals surface area contributed by atoms with Crippen LogP contribution >= 0.6 is 11.3 Å². The van der Waals surface area contributed by atoms with Crippen molar-refractivity contribution in [3.8, 4) is 21.0 Å². The van der Waals surface area contributed by atoms with Gasteiger partial charge >= 0.3 is 12.1 Å². The van der Waals surface area contributed by atoms with Gasteiger partial charge in [-0.25, -0.2) is 8.42 Å². The quantitative estimate of drug-likeness (QED) is 0.509. The Labute approximate surface area is 186 Å². The molecule has 1 N–H and O–H groups in total. The molecule has 0 saturated heterocycles. The number of aromatic nitrogens is 2. The molecule has 0 unspecified atom stereocenters. The first-order valence-electron chi connectivity index (χ1n) is 9.29. The number of nitrogens with zero attached hydrogens (tertiary/aromatic N) is 2. The number of thiophene rings is 1. The SMILES string of the molecule is CCOC(=O)Cn1nc(C(F)(F)F)cc1-c1ccc(-c2ccc(CO)c(S(C)(=O)=O)c2)s1. The standard InChI is InChI=1S/C20H19F3N2O5S2/c1-3-30-19(27)10-25-14(9-18(24-25)20(21,22)23)16-7-6-15(31-16)12-4-5-13(11-26)17(8-12)32(2,28)29/h4-9,26H,3,10-11H2,1-2H3. The molecule has 0 aliphatic heterocycles. The van der Waals surface area contributed by atoms with Crippen molar-refractivity contribution >= 4 is 27.1 Å². The van der Waals surface area contributed by atoms with Gasteiger partial charge in [0.2, 0.25) is 0 Å². The van der Waals surface area contributed by atoms with Crippen molar-refractivity contribution in [3.63, 3.8) is 0 Å². The van der Waals surface area contributed by atoms with Crippen molar-refractivity contribution < 1.29 is 36.2 Å². The van der Waals surface area contributed by atoms with Crippen LogP contribution in [0.2, 0.25) is 0 Å². The van der Waals surface area contributed by atoms with Gasteiger partial charge in [0.15, 0.2) is 15.5 Å². The third kappa shape index (κ3) is 5.19. The fourth-order valence-electron chi connectivity index (χ4n) is 3.02. The molecule has 0 aliphatic carbocycles. The molecule has 2 heterocycles. The molecule has 12 heteroatoms. The molecular formula is C20H19F3N2O5S2. The van der Waals surface area contributed by atoms with Gasteiger partial charge in [0.05, 0.1) is 28.7 Å². The Bertz CT molecular complexity index is 1250. The second-order valence-electron chi connectivity index (χ2n) is 6.79. The zero-order valence-electron chi connectivity index (χ0n) is 17.0. The fourth-order valence-corrected chi connectivity index (χ4v) is 4.99. The van der Waals surface area contributed by atoms with Crippen molar-refractivity contribution in [2.75, 3.05) is 12.9 Å². The minimum absolute atomic E-state index is 0.0286. The number of carbonyl (C=O) groups is 1. The number of esters is 1. The van der Waals surface area contributed by atoms with Gasteiger partial charge in [-0.1, -0.05) is 12.1 Å². The number of alkyl halides is 3. The summed E-state index contributed by atoms with van der Waals surface area (Å²) >= 11 is 1.11. The van der Waals surface area contributed by atoms with Crippen LogP contribution in [0.3, 0.4) is 0 Å². The molecule has 172 valence electrons. The Balaban J connectivity index is 2.05. The monoisotopic (exact) mass is 488 g/mol. The number of rotatable bonds is 7. The average Bonchev–Trinajstić information content (AvgIpc) is 3.34. The van der Waals surface area contributed by atoms with E-state index in [2.05, 4.69) is 5.10 Å². The Morgan fingerprint density at radius 2 is 1.88 bits per heavy atom. The van der Waals surface area contributed by atoms with Gasteiger partial charge in [-0.3, -0.25) is 9.48 Å². The van der Waals surface area contributed by atoms with E-state index >= 15 is 0 Å². The van der Waals surface area contributed by atoms with Crippen LogP contribution in [-0.4, -0.2) is 42.1 Å². The van der Waals surface area contributed by atoms with Gasteiger partial charge in [0.25, 0.3) is 0 Å². The average molecular weight is 489 g/mol. The Morgan fingerprint density at radius 3 is 2.47 bits per heavy atom. The van der Waals surface area contributed by atoms with Crippen LogP contribution in [-0.2, 0) is 38.7 Å². The number of benzene rings is 1. The van der Waals surface area contributed by atoms with E-state index in [9.17, 15) is 31.5 Å². The molecule has 0 aliphatic rings. The highest BCUT2D eigenvalue weighted by atomic mass is 32.2. The molecule has 0 atom stereocenters. The maximum absolute atomic E-state index is 13.2. The predicted molar refractivity (Wildman–Crippen MR) is 112 cm³/mol. The summed E-state index contributed by atoms with van der Waals surface area (Å²) in [6, 6.07) is 8.57. The lowest BCUT2D eigenvalue weighted by atomic mass is 10.1. The molecular weight excluding hydrogens is 469 g/mol. The highest BCUT2D eigenvalue weighted by Crippen LogP contribution is 2.38. The number of ether oxygens (including phenoxy) is 1. The number of halogens is 3. The normalized spacial score (nSPS) is 12.2. The van der Waals surface area contributed by atoms with E-state index in [1.165, 1.54) is 12.1 Å². The van der Waals surface area contributed by atoms with Crippen LogP contribution in [0.15, 0.2) is 41.3 Å². The number of carbonyl (C=O) groups excluding carboxylic acids is 1. The molecule has 0 saturated carbocycles. The van der Waals surface area contributed by atoms with Crippen molar-refractivity contribution in [1.29, 1.82) is 0 Å². The molecule has 0 amide bonds. The second-order valence-corrected chi connectivity index (χ2v) is 9.86. The molecule has 1 aromatic carbocycles. The van der Waals surface area contributed by atoms with Gasteiger partial charge in [0, 0.05) is 11.1 Å².